The first-order valence-corrected chi connectivity index (χ1v) is 5.33. The third-order valence-corrected chi connectivity index (χ3v) is 2.88. The van der Waals surface area contributed by atoms with Gasteiger partial charge in [0.25, 0.3) is 0 Å². The fraction of sp³-hybridized carbons (Fsp3) is 0.167. The predicted octanol–water partition coefficient (Wildman–Crippen LogP) is 3.69. The van der Waals surface area contributed by atoms with Gasteiger partial charge in [0.2, 0.25) is 0 Å². The Balaban J connectivity index is 2.69. The van der Waals surface area contributed by atoms with Crippen LogP contribution in [-0.2, 0) is 0 Å². The van der Waals surface area contributed by atoms with Gasteiger partial charge in [0.15, 0.2) is 5.82 Å². The highest BCUT2D eigenvalue weighted by Crippen LogP contribution is 2.25. The van der Waals surface area contributed by atoms with Gasteiger partial charge in [-0.3, -0.25) is 0 Å². The lowest BCUT2D eigenvalue weighted by Crippen LogP contribution is -2.00. The quantitative estimate of drug-likeness (QED) is 0.726. The van der Waals surface area contributed by atoms with E-state index >= 15 is 0 Å². The minimum atomic E-state index is -0.704. The minimum absolute atomic E-state index is 0.0336. The van der Waals surface area contributed by atoms with Crippen molar-refractivity contribution in [3.05, 3.63) is 46.2 Å². The summed E-state index contributed by atoms with van der Waals surface area (Å²) in [6, 6.07) is 3.60. The van der Waals surface area contributed by atoms with E-state index in [4.69, 9.17) is 11.6 Å². The highest BCUT2D eigenvalue weighted by Gasteiger charge is 2.16. The van der Waals surface area contributed by atoms with Gasteiger partial charge in [-0.25, -0.2) is 18.7 Å². The summed E-state index contributed by atoms with van der Waals surface area (Å²) < 4.78 is 27.1. The first kappa shape index (κ1) is 11.9. The third kappa shape index (κ3) is 2.13. The van der Waals surface area contributed by atoms with Crippen LogP contribution in [0.5, 0.6) is 0 Å². The summed E-state index contributed by atoms with van der Waals surface area (Å²) in [6.45, 7) is 3.46. The maximum Gasteiger partial charge on any atom is 0.167 e. The van der Waals surface area contributed by atoms with Gasteiger partial charge in [-0.15, -0.1) is 0 Å². The van der Waals surface area contributed by atoms with E-state index in [1.54, 1.807) is 13.8 Å². The Morgan fingerprint density at radius 1 is 1.06 bits per heavy atom. The largest absolute Gasteiger partial charge is 0.233 e. The Bertz CT molecular complexity index is 541. The molecule has 0 spiro atoms. The van der Waals surface area contributed by atoms with Crippen LogP contribution in [0.1, 0.15) is 11.3 Å². The van der Waals surface area contributed by atoms with Gasteiger partial charge in [0, 0.05) is 11.3 Å². The molecule has 2 nitrogen and oxygen atoms in total. The molecule has 88 valence electrons. The zero-order valence-electron chi connectivity index (χ0n) is 9.26. The van der Waals surface area contributed by atoms with Crippen molar-refractivity contribution >= 4 is 11.6 Å². The molecule has 2 aromatic rings. The van der Waals surface area contributed by atoms with E-state index in [-0.39, 0.29) is 16.5 Å². The van der Waals surface area contributed by atoms with Crippen molar-refractivity contribution in [1.82, 2.24) is 9.97 Å². The smallest absolute Gasteiger partial charge is 0.167 e. The van der Waals surface area contributed by atoms with Crippen LogP contribution in [0.2, 0.25) is 5.15 Å². The number of halogens is 3. The Morgan fingerprint density at radius 3 is 2.18 bits per heavy atom. The van der Waals surface area contributed by atoms with Crippen molar-refractivity contribution in [2.24, 2.45) is 0 Å². The molecule has 1 aromatic heterocycles. The first-order chi connectivity index (χ1) is 8.00. The summed E-state index contributed by atoms with van der Waals surface area (Å²) in [5, 5.41) is 0.204. The third-order valence-electron chi connectivity index (χ3n) is 2.52. The zero-order valence-corrected chi connectivity index (χ0v) is 10.0. The summed E-state index contributed by atoms with van der Waals surface area (Å²) in [6.07, 6.45) is 0. The van der Waals surface area contributed by atoms with Crippen molar-refractivity contribution in [3.63, 3.8) is 0 Å². The second-order valence-electron chi connectivity index (χ2n) is 3.65. The standard InChI is InChI=1S/C12H9ClF2N2/c1-6-7(2)16-12(17-11(6)13)10-8(14)4-3-5-9(10)15/h3-5H,1-2H3. The lowest BCUT2D eigenvalue weighted by molar-refractivity contribution is 0.587. The van der Waals surface area contributed by atoms with Gasteiger partial charge in [0.1, 0.15) is 16.8 Å². The fourth-order valence-corrected chi connectivity index (χ4v) is 1.63. The van der Waals surface area contributed by atoms with Crippen LogP contribution in [0.4, 0.5) is 8.78 Å². The van der Waals surface area contributed by atoms with Crippen LogP contribution in [0.15, 0.2) is 18.2 Å². The van der Waals surface area contributed by atoms with Gasteiger partial charge in [-0.2, -0.15) is 0 Å². The van der Waals surface area contributed by atoms with Gasteiger partial charge in [-0.05, 0) is 26.0 Å². The molecular formula is C12H9ClF2N2. The Kier molecular flexibility index (Phi) is 3.07. The Hall–Kier alpha value is -1.55. The monoisotopic (exact) mass is 254 g/mol. The van der Waals surface area contributed by atoms with Crippen LogP contribution < -0.4 is 0 Å². The van der Waals surface area contributed by atoms with Crippen molar-refractivity contribution in [2.45, 2.75) is 13.8 Å². The molecule has 0 aliphatic carbocycles. The fourth-order valence-electron chi connectivity index (χ4n) is 1.42. The van der Waals surface area contributed by atoms with Crippen molar-refractivity contribution < 1.29 is 8.78 Å². The maximum absolute atomic E-state index is 13.5. The summed E-state index contributed by atoms with van der Waals surface area (Å²) in [4.78, 5) is 7.95. The zero-order chi connectivity index (χ0) is 12.6. The van der Waals surface area contributed by atoms with E-state index in [0.717, 1.165) is 12.1 Å². The molecule has 0 N–H and O–H groups in total. The van der Waals surface area contributed by atoms with Crippen molar-refractivity contribution in [2.75, 3.05) is 0 Å². The Labute approximate surface area is 102 Å². The molecule has 0 aliphatic rings. The van der Waals surface area contributed by atoms with Crippen LogP contribution >= 0.6 is 11.6 Å². The van der Waals surface area contributed by atoms with Gasteiger partial charge >= 0.3 is 0 Å². The SMILES string of the molecule is Cc1nc(-c2c(F)cccc2F)nc(Cl)c1C. The van der Waals surface area contributed by atoms with Gasteiger partial charge < -0.3 is 0 Å². The molecule has 1 heterocycles. The average molecular weight is 255 g/mol. The van der Waals surface area contributed by atoms with E-state index < -0.39 is 11.6 Å². The van der Waals surface area contributed by atoms with E-state index in [9.17, 15) is 8.78 Å². The van der Waals surface area contributed by atoms with Crippen molar-refractivity contribution in [3.8, 4) is 11.4 Å². The number of aryl methyl sites for hydroxylation is 1. The molecule has 0 unspecified atom stereocenters. The number of benzene rings is 1. The second kappa shape index (κ2) is 4.37. The molecular weight excluding hydrogens is 246 g/mol. The molecule has 1 aromatic carbocycles. The highest BCUT2D eigenvalue weighted by atomic mass is 35.5. The minimum Gasteiger partial charge on any atom is -0.233 e. The summed E-state index contributed by atoms with van der Waals surface area (Å²) in [5.41, 5.74) is 1.05. The average Bonchev–Trinajstić information content (AvgIpc) is 2.25. The normalized spacial score (nSPS) is 10.6. The molecule has 0 aliphatic heterocycles. The van der Waals surface area contributed by atoms with E-state index in [1.807, 2.05) is 0 Å². The molecule has 0 saturated carbocycles. The molecule has 0 radical (unpaired) electrons. The van der Waals surface area contributed by atoms with Crippen LogP contribution in [0.3, 0.4) is 0 Å². The molecule has 17 heavy (non-hydrogen) atoms. The van der Waals surface area contributed by atoms with E-state index in [1.165, 1.54) is 6.07 Å². The molecule has 0 fully saturated rings. The van der Waals surface area contributed by atoms with Crippen LogP contribution in [0.25, 0.3) is 11.4 Å². The maximum atomic E-state index is 13.5. The van der Waals surface area contributed by atoms with Crippen molar-refractivity contribution in [1.29, 1.82) is 0 Å². The molecule has 0 bridgehead atoms. The number of rotatable bonds is 1. The molecule has 0 amide bonds. The number of hydrogen-bond donors (Lipinski definition) is 0. The van der Waals surface area contributed by atoms with Gasteiger partial charge in [-0.1, -0.05) is 17.7 Å². The topological polar surface area (TPSA) is 25.8 Å². The van der Waals surface area contributed by atoms with Crippen LogP contribution in [-0.4, -0.2) is 9.97 Å². The summed E-state index contributed by atoms with van der Waals surface area (Å²) in [7, 11) is 0. The molecule has 2 rings (SSSR count). The highest BCUT2D eigenvalue weighted by molar-refractivity contribution is 6.30. The predicted molar refractivity (Wildman–Crippen MR) is 61.9 cm³/mol. The lowest BCUT2D eigenvalue weighted by atomic mass is 10.1. The first-order valence-electron chi connectivity index (χ1n) is 4.96. The van der Waals surface area contributed by atoms with E-state index in [0.29, 0.717) is 11.3 Å². The Morgan fingerprint density at radius 2 is 1.65 bits per heavy atom. The molecule has 5 heteroatoms. The summed E-state index contributed by atoms with van der Waals surface area (Å²) in [5.74, 6) is -1.44. The lowest BCUT2D eigenvalue weighted by Gasteiger charge is -2.07. The van der Waals surface area contributed by atoms with E-state index in [2.05, 4.69) is 9.97 Å². The molecule has 0 atom stereocenters. The second-order valence-corrected chi connectivity index (χ2v) is 4.00. The number of hydrogen-bond acceptors (Lipinski definition) is 2. The summed E-state index contributed by atoms with van der Waals surface area (Å²) >= 11 is 5.88. The van der Waals surface area contributed by atoms with Gasteiger partial charge in [0.05, 0.1) is 5.56 Å². The molecule has 0 saturated heterocycles. The van der Waals surface area contributed by atoms with Crippen LogP contribution in [0, 0.1) is 25.5 Å². The number of nitrogens with zero attached hydrogens (tertiary/aromatic N) is 2. The number of aromatic nitrogens is 2.